The Labute approximate surface area is 62.6 Å². The van der Waals surface area contributed by atoms with E-state index in [4.69, 9.17) is 15.3 Å². The van der Waals surface area contributed by atoms with Crippen LogP contribution in [-0.2, 0) is 9.59 Å². The minimum absolute atomic E-state index is 0.755. The van der Waals surface area contributed by atoms with Crippen LogP contribution in [0.15, 0.2) is 11.8 Å². The van der Waals surface area contributed by atoms with Gasteiger partial charge in [0, 0.05) is 0 Å². The van der Waals surface area contributed by atoms with E-state index in [1.54, 1.807) is 0 Å². The second-order valence-corrected chi connectivity index (χ2v) is 1.98. The maximum Gasteiger partial charge on any atom is 0.370 e. The van der Waals surface area contributed by atoms with Gasteiger partial charge in [0.05, 0.1) is 5.92 Å². The number of carbonyl (C=O) groups is 2. The molecule has 0 aliphatic heterocycles. The fourth-order valence-electron chi connectivity index (χ4n) is 0.379. The molecule has 11 heavy (non-hydrogen) atoms. The van der Waals surface area contributed by atoms with Crippen LogP contribution in [0.25, 0.3) is 0 Å². The van der Waals surface area contributed by atoms with Crippen molar-refractivity contribution in [2.45, 2.75) is 6.92 Å². The van der Waals surface area contributed by atoms with Gasteiger partial charge in [-0.05, 0) is 13.0 Å². The summed E-state index contributed by atoms with van der Waals surface area (Å²) >= 11 is 0. The lowest BCUT2D eigenvalue weighted by Crippen LogP contribution is -2.09. The lowest BCUT2D eigenvalue weighted by atomic mass is 10.1. The Bertz CT molecular complexity index is 205. The van der Waals surface area contributed by atoms with Gasteiger partial charge in [-0.2, -0.15) is 0 Å². The first-order valence-electron chi connectivity index (χ1n) is 2.82. The Morgan fingerprint density at radius 3 is 2.00 bits per heavy atom. The number of aliphatic carboxylic acids is 2. The van der Waals surface area contributed by atoms with Crippen molar-refractivity contribution in [3.05, 3.63) is 11.8 Å². The van der Waals surface area contributed by atoms with Crippen LogP contribution in [0.2, 0.25) is 0 Å². The smallest absolute Gasteiger partial charge is 0.370 e. The van der Waals surface area contributed by atoms with E-state index < -0.39 is 23.6 Å². The van der Waals surface area contributed by atoms with Gasteiger partial charge in [-0.15, -0.1) is 0 Å². The maximum atomic E-state index is 10.1. The summed E-state index contributed by atoms with van der Waals surface area (Å²) in [6.45, 7) is 1.27. The quantitative estimate of drug-likeness (QED) is 0.406. The van der Waals surface area contributed by atoms with Crippen LogP contribution in [0.5, 0.6) is 0 Å². The number of carboxylic acids is 2. The highest BCUT2D eigenvalue weighted by atomic mass is 16.4. The average Bonchev–Trinajstić information content (AvgIpc) is 1.87. The molecule has 0 aliphatic rings. The molecular formula is C6H8O5. The van der Waals surface area contributed by atoms with Crippen molar-refractivity contribution >= 4 is 11.9 Å². The van der Waals surface area contributed by atoms with Crippen molar-refractivity contribution < 1.29 is 24.9 Å². The molecule has 0 aromatic heterocycles. The molecule has 0 saturated carbocycles. The van der Waals surface area contributed by atoms with Crippen LogP contribution in [0.3, 0.4) is 0 Å². The second-order valence-electron chi connectivity index (χ2n) is 1.98. The van der Waals surface area contributed by atoms with Crippen LogP contribution < -0.4 is 0 Å². The Morgan fingerprint density at radius 2 is 1.73 bits per heavy atom. The van der Waals surface area contributed by atoms with Gasteiger partial charge < -0.3 is 15.3 Å². The van der Waals surface area contributed by atoms with Crippen molar-refractivity contribution in [2.24, 2.45) is 5.92 Å². The highest BCUT2D eigenvalue weighted by molar-refractivity contribution is 5.85. The molecule has 1 atom stereocenters. The normalized spacial score (nSPS) is 14.1. The first-order chi connectivity index (χ1) is 4.95. The summed E-state index contributed by atoms with van der Waals surface area (Å²) in [6.07, 6.45) is 0.755. The van der Waals surface area contributed by atoms with E-state index in [1.807, 2.05) is 0 Å². The fourth-order valence-corrected chi connectivity index (χ4v) is 0.379. The number of hydrogen-bond donors (Lipinski definition) is 3. The van der Waals surface area contributed by atoms with E-state index in [0.717, 1.165) is 6.08 Å². The molecule has 0 rings (SSSR count). The molecule has 1 unspecified atom stereocenters. The number of carboxylic acid groups (broad SMARTS) is 2. The second kappa shape index (κ2) is 3.60. The molecule has 0 aromatic carbocycles. The molecule has 0 saturated heterocycles. The monoisotopic (exact) mass is 160 g/mol. The third-order valence-corrected chi connectivity index (χ3v) is 1.02. The summed E-state index contributed by atoms with van der Waals surface area (Å²) in [5.74, 6) is -4.65. The van der Waals surface area contributed by atoms with Crippen LogP contribution in [0, 0.1) is 5.92 Å². The molecule has 0 bridgehead atoms. The van der Waals surface area contributed by atoms with Crippen molar-refractivity contribution in [3.63, 3.8) is 0 Å². The molecular weight excluding hydrogens is 152 g/mol. The molecule has 0 aromatic rings. The van der Waals surface area contributed by atoms with Crippen molar-refractivity contribution in [2.75, 3.05) is 0 Å². The third-order valence-electron chi connectivity index (χ3n) is 1.02. The number of aliphatic hydroxyl groups excluding tert-OH is 1. The Morgan fingerprint density at radius 1 is 1.27 bits per heavy atom. The van der Waals surface area contributed by atoms with E-state index in [2.05, 4.69) is 0 Å². The predicted molar refractivity (Wildman–Crippen MR) is 35.1 cm³/mol. The SMILES string of the molecule is CC(C=C(O)C(=O)O)C(=O)O. The zero-order valence-electron chi connectivity index (χ0n) is 5.81. The number of rotatable bonds is 3. The summed E-state index contributed by atoms with van der Waals surface area (Å²) in [7, 11) is 0. The minimum Gasteiger partial charge on any atom is -0.502 e. The van der Waals surface area contributed by atoms with Crippen molar-refractivity contribution in [1.29, 1.82) is 0 Å². The van der Waals surface area contributed by atoms with E-state index in [1.165, 1.54) is 6.92 Å². The Kier molecular flexibility index (Phi) is 3.10. The first-order valence-corrected chi connectivity index (χ1v) is 2.82. The van der Waals surface area contributed by atoms with Gasteiger partial charge in [0.1, 0.15) is 0 Å². The topological polar surface area (TPSA) is 94.8 Å². The van der Waals surface area contributed by atoms with E-state index in [9.17, 15) is 9.59 Å². The number of aliphatic hydroxyl groups is 1. The van der Waals surface area contributed by atoms with Gasteiger partial charge in [-0.3, -0.25) is 4.79 Å². The molecule has 0 heterocycles. The lowest BCUT2D eigenvalue weighted by Gasteiger charge is -1.97. The average molecular weight is 160 g/mol. The molecule has 0 radical (unpaired) electrons. The Balaban J connectivity index is 4.31. The summed E-state index contributed by atoms with van der Waals surface area (Å²) in [5.41, 5.74) is 0. The molecule has 62 valence electrons. The summed E-state index contributed by atoms with van der Waals surface area (Å²) in [5, 5.41) is 24.9. The first kappa shape index (κ1) is 9.48. The van der Waals surface area contributed by atoms with Gasteiger partial charge in [-0.25, -0.2) is 4.79 Å². The van der Waals surface area contributed by atoms with E-state index in [-0.39, 0.29) is 0 Å². The maximum absolute atomic E-state index is 10.1. The molecule has 5 heteroatoms. The summed E-state index contributed by atoms with van der Waals surface area (Å²) in [6, 6.07) is 0. The largest absolute Gasteiger partial charge is 0.502 e. The van der Waals surface area contributed by atoms with Crippen molar-refractivity contribution in [3.8, 4) is 0 Å². The van der Waals surface area contributed by atoms with E-state index in [0.29, 0.717) is 0 Å². The molecule has 5 nitrogen and oxygen atoms in total. The zero-order chi connectivity index (χ0) is 9.02. The summed E-state index contributed by atoms with van der Waals surface area (Å²) < 4.78 is 0. The molecule has 0 fully saturated rings. The standard InChI is InChI=1S/C6H8O5/c1-3(5(8)9)2-4(7)6(10)11/h2-3,7H,1H3,(H,8,9)(H,10,11). The van der Waals surface area contributed by atoms with Gasteiger partial charge in [0.25, 0.3) is 0 Å². The molecule has 0 aliphatic carbocycles. The third kappa shape index (κ3) is 3.24. The van der Waals surface area contributed by atoms with Crippen LogP contribution in [0.4, 0.5) is 0 Å². The van der Waals surface area contributed by atoms with Crippen molar-refractivity contribution in [1.82, 2.24) is 0 Å². The molecule has 0 amide bonds. The van der Waals surface area contributed by atoms with E-state index >= 15 is 0 Å². The minimum atomic E-state index is -1.53. The highest BCUT2D eigenvalue weighted by Gasteiger charge is 2.11. The molecule has 3 N–H and O–H groups in total. The van der Waals surface area contributed by atoms with Crippen LogP contribution >= 0.6 is 0 Å². The van der Waals surface area contributed by atoms with Gasteiger partial charge in [-0.1, -0.05) is 0 Å². The fraction of sp³-hybridized carbons (Fsp3) is 0.333. The van der Waals surface area contributed by atoms with Gasteiger partial charge in [0.15, 0.2) is 5.76 Å². The highest BCUT2D eigenvalue weighted by Crippen LogP contribution is 2.00. The number of hydrogen-bond acceptors (Lipinski definition) is 3. The summed E-state index contributed by atoms with van der Waals surface area (Å²) in [4.78, 5) is 20.1. The Hall–Kier alpha value is -1.52. The van der Waals surface area contributed by atoms with Crippen LogP contribution in [-0.4, -0.2) is 27.3 Å². The lowest BCUT2D eigenvalue weighted by molar-refractivity contribution is -0.139. The van der Waals surface area contributed by atoms with Gasteiger partial charge >= 0.3 is 11.9 Å². The predicted octanol–water partition coefficient (Wildman–Crippen LogP) is 0.234. The van der Waals surface area contributed by atoms with Gasteiger partial charge in [0.2, 0.25) is 0 Å². The van der Waals surface area contributed by atoms with Crippen LogP contribution in [0.1, 0.15) is 6.92 Å². The zero-order valence-corrected chi connectivity index (χ0v) is 5.81. The molecule has 0 spiro atoms.